The van der Waals surface area contributed by atoms with Gasteiger partial charge in [-0.05, 0) is 76.0 Å². The van der Waals surface area contributed by atoms with Gasteiger partial charge in [0.1, 0.15) is 86.4 Å². The van der Waals surface area contributed by atoms with Crippen molar-refractivity contribution in [2.75, 3.05) is 80.9 Å². The van der Waals surface area contributed by atoms with Crippen LogP contribution >= 0.6 is 0 Å². The second-order valence-electron chi connectivity index (χ2n) is 30.1. The van der Waals surface area contributed by atoms with Crippen LogP contribution in [0.3, 0.4) is 0 Å². The molecule has 0 aromatic heterocycles. The third kappa shape index (κ3) is 22.8. The van der Waals surface area contributed by atoms with E-state index < -0.39 is 216 Å². The minimum absolute atomic E-state index is 0.0933. The van der Waals surface area contributed by atoms with Crippen LogP contribution in [0.1, 0.15) is 150 Å². The number of nitrogens with zero attached hydrogens (tertiary/aromatic N) is 2. The number of aliphatic hydroxyl groups is 9. The lowest BCUT2D eigenvalue weighted by Gasteiger charge is -2.50. The molecule has 586 valence electrons. The van der Waals surface area contributed by atoms with Gasteiger partial charge in [-0.2, -0.15) is 0 Å². The summed E-state index contributed by atoms with van der Waals surface area (Å²) < 4.78 is 68.7. The summed E-state index contributed by atoms with van der Waals surface area (Å²) in [4.78, 5) is 85.4. The molecule has 6 amide bonds. The van der Waals surface area contributed by atoms with Gasteiger partial charge in [0, 0.05) is 40.5 Å². The maximum absolute atomic E-state index is 14.2. The summed E-state index contributed by atoms with van der Waals surface area (Å²) in [5.74, 6) is -4.04. The molecule has 32 nitrogen and oxygen atoms in total. The van der Waals surface area contributed by atoms with E-state index in [1.807, 2.05) is 13.8 Å². The Balaban J connectivity index is 0.869. The minimum Gasteiger partial charge on any atom is -0.394 e. The number of hydrogen-bond acceptors (Lipinski definition) is 26. The SMILES string of the molecule is C[C@@H]1O[C@@H](O[C@@H]2[C@@H](C)CCC[C@H]2O[C@@H]2O[C@H](CO)[C@H](O)[C@H](O[C@@H](CC3CCCCC3)C(=O)N(C)C)[C@H]2NC(=O)CNC(=O)COCCOCC(=O)NCC(=O)N[C@@H]2[C@@H](O[C@@H](CC3CCCCC3)C(=O)N(C)C)C[C@@H](CO)O[C@H]2C2CCC[C@H](C)[C@H]2O[C@@H]2O[C@@H](C)[C@@H](O)[C@@H](O)[C@@H]2O)[C@@H](O)[C@H](O)[C@@H]1O. The number of likely N-dealkylation sites (N-methyl/N-ethyl adjacent to an activating group) is 2. The zero-order chi connectivity index (χ0) is 74.1. The Morgan fingerprint density at radius 2 is 0.941 bits per heavy atom. The Bertz CT molecular complexity index is 2610. The summed E-state index contributed by atoms with van der Waals surface area (Å²) in [5, 5.41) is 108. The molecular formula is C70H120N6O26. The summed E-state index contributed by atoms with van der Waals surface area (Å²) in [5.41, 5.74) is 0. The van der Waals surface area contributed by atoms with E-state index in [1.54, 1.807) is 35.1 Å². The Hall–Kier alpha value is -3.98. The van der Waals surface area contributed by atoms with Crippen LogP contribution in [0, 0.1) is 29.6 Å². The topological polar surface area (TPSA) is 441 Å². The maximum atomic E-state index is 14.2. The van der Waals surface area contributed by atoms with Gasteiger partial charge in [-0.1, -0.05) is 90.9 Å². The Morgan fingerprint density at radius 3 is 1.44 bits per heavy atom. The average Bonchev–Trinajstić information content (AvgIpc) is 0.785. The molecule has 102 heavy (non-hydrogen) atoms. The van der Waals surface area contributed by atoms with Crippen LogP contribution in [0.25, 0.3) is 0 Å². The molecule has 0 aromatic rings. The number of ether oxygens (including phenoxy) is 11. The lowest BCUT2D eigenvalue weighted by atomic mass is 9.73. The van der Waals surface area contributed by atoms with Crippen LogP contribution in [-0.4, -0.2) is 319 Å². The molecule has 32 heteroatoms. The molecular weight excluding hydrogens is 1340 g/mol. The number of aliphatic hydroxyl groups excluding tert-OH is 9. The van der Waals surface area contributed by atoms with Gasteiger partial charge >= 0.3 is 0 Å². The van der Waals surface area contributed by atoms with Gasteiger partial charge in [0.15, 0.2) is 18.9 Å². The summed E-state index contributed by atoms with van der Waals surface area (Å²) in [7, 11) is 6.46. The molecule has 13 N–H and O–H groups in total. The molecule has 27 atom stereocenters. The van der Waals surface area contributed by atoms with Gasteiger partial charge in [-0.15, -0.1) is 0 Å². The monoisotopic (exact) mass is 1460 g/mol. The molecule has 0 radical (unpaired) electrons. The van der Waals surface area contributed by atoms with Crippen molar-refractivity contribution in [3.05, 3.63) is 0 Å². The van der Waals surface area contributed by atoms with Crippen molar-refractivity contribution < 1.29 is 127 Å². The molecule has 0 spiro atoms. The quantitative estimate of drug-likeness (QED) is 0.0329. The van der Waals surface area contributed by atoms with Gasteiger partial charge in [-0.25, -0.2) is 0 Å². The summed E-state index contributed by atoms with van der Waals surface area (Å²) in [6.07, 6.45) is -12.2. The normalized spacial score (nSPS) is 37.9. The Kier molecular flexibility index (Phi) is 33.0. The first-order chi connectivity index (χ1) is 48.7. The molecule has 1 unspecified atom stereocenters. The third-order valence-corrected chi connectivity index (χ3v) is 21.9. The number of carbonyl (C=O) groups is 6. The highest BCUT2D eigenvalue weighted by atomic mass is 16.7. The fourth-order valence-corrected chi connectivity index (χ4v) is 16.0. The number of nitrogens with one attached hydrogen (secondary N) is 4. The lowest BCUT2D eigenvalue weighted by Crippen LogP contribution is -2.68. The smallest absolute Gasteiger partial charge is 0.251 e. The second-order valence-corrected chi connectivity index (χ2v) is 30.1. The molecule has 8 aliphatic rings. The van der Waals surface area contributed by atoms with Crippen molar-refractivity contribution in [3.8, 4) is 0 Å². The number of rotatable bonds is 32. The van der Waals surface area contributed by atoms with Crippen molar-refractivity contribution in [1.82, 2.24) is 31.1 Å². The van der Waals surface area contributed by atoms with Crippen molar-refractivity contribution in [1.29, 1.82) is 0 Å². The van der Waals surface area contributed by atoms with E-state index in [4.69, 9.17) is 52.1 Å². The van der Waals surface area contributed by atoms with E-state index in [0.717, 1.165) is 70.6 Å². The second kappa shape index (κ2) is 40.3. The van der Waals surface area contributed by atoms with Crippen LogP contribution in [0.4, 0.5) is 0 Å². The first-order valence-electron chi connectivity index (χ1n) is 37.2. The molecule has 4 aliphatic carbocycles. The third-order valence-electron chi connectivity index (χ3n) is 21.9. The number of hydrogen-bond donors (Lipinski definition) is 13. The largest absolute Gasteiger partial charge is 0.394 e. The van der Waals surface area contributed by atoms with E-state index >= 15 is 0 Å². The average molecular weight is 1460 g/mol. The van der Waals surface area contributed by atoms with Crippen molar-refractivity contribution in [2.45, 2.75) is 297 Å². The fraction of sp³-hybridized carbons (Fsp3) is 0.914. The summed E-state index contributed by atoms with van der Waals surface area (Å²) in [6, 6.07) is -2.35. The van der Waals surface area contributed by atoms with Gasteiger partial charge in [-0.3, -0.25) is 28.8 Å². The first kappa shape index (κ1) is 83.7. The highest BCUT2D eigenvalue weighted by molar-refractivity contribution is 5.86. The zero-order valence-corrected chi connectivity index (χ0v) is 60.7. The van der Waals surface area contributed by atoms with E-state index in [-0.39, 0.29) is 55.1 Å². The molecule has 4 saturated carbocycles. The molecule has 8 rings (SSSR count). The van der Waals surface area contributed by atoms with E-state index in [9.17, 15) is 74.7 Å². The van der Waals surface area contributed by atoms with Gasteiger partial charge in [0.2, 0.25) is 23.6 Å². The Labute approximate surface area is 598 Å². The summed E-state index contributed by atoms with van der Waals surface area (Å²) in [6.45, 7) is 3.23. The minimum atomic E-state index is -1.62. The van der Waals surface area contributed by atoms with Gasteiger partial charge in [0.25, 0.3) is 11.8 Å². The van der Waals surface area contributed by atoms with Crippen LogP contribution < -0.4 is 21.3 Å². The van der Waals surface area contributed by atoms with Crippen molar-refractivity contribution in [3.63, 3.8) is 0 Å². The van der Waals surface area contributed by atoms with E-state index in [2.05, 4.69) is 21.3 Å². The molecule has 4 saturated heterocycles. The number of carbonyl (C=O) groups excluding carboxylic acids is 6. The van der Waals surface area contributed by atoms with Crippen LogP contribution in [0.2, 0.25) is 0 Å². The van der Waals surface area contributed by atoms with Gasteiger partial charge < -0.3 is 129 Å². The maximum Gasteiger partial charge on any atom is 0.251 e. The zero-order valence-electron chi connectivity index (χ0n) is 60.7. The standard InChI is InChI=1S/C70H120N6O26/c1-36-17-15-23-43(62(36)101-69-60(88)58(86)55(83)38(3)94-69)64-53(45(29-42(32-77)96-64)97-46(66(90)75(5)6)27-40-19-11-9-12-20-40)73-49(79)30-71-51(81)34-92-25-26-93-35-52(82)72-31-50(80)74-54-65(98-47(67(91)76(7)8)28-41-21-13-10-14-22-41)57(85)48(33-78)100-68(54)99-44-24-16-18-37(2)63(44)102-70-61(89)59(87)56(84)39(4)95-70/h36-48,53-65,68-70,77-78,83-89H,9-35H2,1-8H3,(H,71,81)(H,72,82)(H,73,79)(H,74,80)/t36-,37-,38-,39-,42-,43?,44+,45-,46-,47-,48+,53+,54+,55+,56+,57-,58+,59+,60-,61-,62+,63+,64-,65+,68+,69-,70-/m0/s1. The summed E-state index contributed by atoms with van der Waals surface area (Å²) >= 11 is 0. The lowest BCUT2D eigenvalue weighted by molar-refractivity contribution is -0.336. The van der Waals surface area contributed by atoms with Gasteiger partial charge in [0.05, 0.1) is 94.4 Å². The van der Waals surface area contributed by atoms with Crippen LogP contribution in [0.5, 0.6) is 0 Å². The van der Waals surface area contributed by atoms with Crippen LogP contribution in [-0.2, 0) is 80.9 Å². The molecule has 4 heterocycles. The molecule has 4 aliphatic heterocycles. The van der Waals surface area contributed by atoms with Crippen LogP contribution in [0.15, 0.2) is 0 Å². The first-order valence-corrected chi connectivity index (χ1v) is 37.2. The van der Waals surface area contributed by atoms with Crippen molar-refractivity contribution >= 4 is 35.4 Å². The highest BCUT2D eigenvalue weighted by Gasteiger charge is 2.55. The molecule has 0 bridgehead atoms. The molecule has 0 aromatic carbocycles. The fourth-order valence-electron chi connectivity index (χ4n) is 16.0. The van der Waals surface area contributed by atoms with E-state index in [1.165, 1.54) is 16.7 Å². The predicted octanol–water partition coefficient (Wildman–Crippen LogP) is -1.86. The van der Waals surface area contributed by atoms with Crippen molar-refractivity contribution in [2.24, 2.45) is 29.6 Å². The van der Waals surface area contributed by atoms with E-state index in [0.29, 0.717) is 44.9 Å². The number of amides is 6. The molecule has 8 fully saturated rings. The highest BCUT2D eigenvalue weighted by Crippen LogP contribution is 2.43. The predicted molar refractivity (Wildman–Crippen MR) is 360 cm³/mol. The Morgan fingerprint density at radius 1 is 0.461 bits per heavy atom.